The number of methoxy groups -OCH3 is 2. The fraction of sp³-hybridized carbons (Fsp3) is 0.286. The maximum absolute atomic E-state index is 12.9. The summed E-state index contributed by atoms with van der Waals surface area (Å²) >= 11 is 0. The van der Waals surface area contributed by atoms with Crippen LogP contribution in [0, 0.1) is 6.92 Å². The predicted octanol–water partition coefficient (Wildman–Crippen LogP) is 2.42. The summed E-state index contributed by atoms with van der Waals surface area (Å²) in [5, 5.41) is 5.35. The summed E-state index contributed by atoms with van der Waals surface area (Å²) in [6.45, 7) is 3.16. The van der Waals surface area contributed by atoms with Crippen LogP contribution in [0.5, 0.6) is 11.5 Å². The number of carbonyl (C=O) groups is 3. The van der Waals surface area contributed by atoms with Gasteiger partial charge in [0.15, 0.2) is 11.5 Å². The van der Waals surface area contributed by atoms with Gasteiger partial charge >= 0.3 is 6.03 Å². The number of rotatable bonds is 6. The van der Waals surface area contributed by atoms with E-state index in [1.54, 1.807) is 37.3 Å². The van der Waals surface area contributed by atoms with Crippen molar-refractivity contribution in [2.45, 2.75) is 19.4 Å². The first kappa shape index (κ1) is 20.2. The van der Waals surface area contributed by atoms with Crippen LogP contribution in [0.1, 0.15) is 18.1 Å². The molecule has 1 aliphatic rings. The SMILES string of the molecule is COc1ccc(NC(=O)CN2C(=O)NC(C)(c3ccc(C)cc3)C2=O)cc1OC. The molecule has 2 aromatic rings. The zero-order valence-corrected chi connectivity index (χ0v) is 16.7. The maximum Gasteiger partial charge on any atom is 0.325 e. The van der Waals surface area contributed by atoms with Gasteiger partial charge in [-0.2, -0.15) is 0 Å². The van der Waals surface area contributed by atoms with Gasteiger partial charge in [-0.05, 0) is 31.5 Å². The van der Waals surface area contributed by atoms with Gasteiger partial charge in [-0.25, -0.2) is 4.79 Å². The predicted molar refractivity (Wildman–Crippen MR) is 107 cm³/mol. The minimum absolute atomic E-state index is 0.402. The van der Waals surface area contributed by atoms with Crippen molar-refractivity contribution in [3.63, 3.8) is 0 Å². The van der Waals surface area contributed by atoms with Crippen molar-refractivity contribution in [1.29, 1.82) is 0 Å². The third-order valence-corrected chi connectivity index (χ3v) is 4.87. The Kier molecular flexibility index (Phi) is 5.45. The molecule has 0 aromatic heterocycles. The molecule has 1 aliphatic heterocycles. The average molecular weight is 397 g/mol. The number of anilines is 1. The molecule has 2 aromatic carbocycles. The Balaban J connectivity index is 1.73. The molecule has 0 aliphatic carbocycles. The van der Waals surface area contributed by atoms with Crippen molar-refractivity contribution in [3.8, 4) is 11.5 Å². The molecule has 4 amide bonds. The number of nitrogens with one attached hydrogen (secondary N) is 2. The summed E-state index contributed by atoms with van der Waals surface area (Å²) in [4.78, 5) is 38.7. The molecule has 0 spiro atoms. The summed E-state index contributed by atoms with van der Waals surface area (Å²) in [5.41, 5.74) is 0.944. The molecule has 1 atom stereocenters. The van der Waals surface area contributed by atoms with Crippen LogP contribution in [0.3, 0.4) is 0 Å². The highest BCUT2D eigenvalue weighted by Crippen LogP contribution is 2.31. The Bertz CT molecular complexity index is 957. The van der Waals surface area contributed by atoms with E-state index in [4.69, 9.17) is 9.47 Å². The summed E-state index contributed by atoms with van der Waals surface area (Å²) in [6, 6.07) is 11.6. The lowest BCUT2D eigenvalue weighted by molar-refractivity contribution is -0.133. The number of amides is 4. The van der Waals surface area contributed by atoms with Crippen molar-refractivity contribution in [2.24, 2.45) is 0 Å². The van der Waals surface area contributed by atoms with Crippen molar-refractivity contribution < 1.29 is 23.9 Å². The number of aryl methyl sites for hydroxylation is 1. The quantitative estimate of drug-likeness (QED) is 0.730. The monoisotopic (exact) mass is 397 g/mol. The topological polar surface area (TPSA) is 97.0 Å². The minimum atomic E-state index is -1.21. The van der Waals surface area contributed by atoms with Gasteiger partial charge in [-0.1, -0.05) is 29.8 Å². The zero-order valence-electron chi connectivity index (χ0n) is 16.7. The van der Waals surface area contributed by atoms with E-state index in [1.807, 2.05) is 19.1 Å². The van der Waals surface area contributed by atoms with Crippen LogP contribution in [0.25, 0.3) is 0 Å². The number of imide groups is 1. The number of nitrogens with zero attached hydrogens (tertiary/aromatic N) is 1. The van der Waals surface area contributed by atoms with Gasteiger partial charge in [-0.3, -0.25) is 14.5 Å². The lowest BCUT2D eigenvalue weighted by atomic mass is 9.91. The second-order valence-electron chi connectivity index (χ2n) is 6.93. The molecule has 1 heterocycles. The number of hydrogen-bond donors (Lipinski definition) is 2. The Morgan fingerprint density at radius 2 is 1.72 bits per heavy atom. The summed E-state index contributed by atoms with van der Waals surface area (Å²) in [5.74, 6) is -0.0107. The molecule has 8 nitrogen and oxygen atoms in total. The molecular formula is C21H23N3O5. The number of ether oxygens (including phenoxy) is 2. The molecule has 0 radical (unpaired) electrons. The molecule has 2 N–H and O–H groups in total. The molecule has 3 rings (SSSR count). The summed E-state index contributed by atoms with van der Waals surface area (Å²) in [6.07, 6.45) is 0. The number of urea groups is 1. The van der Waals surface area contributed by atoms with Crippen LogP contribution >= 0.6 is 0 Å². The van der Waals surface area contributed by atoms with Crippen LogP contribution in [0.2, 0.25) is 0 Å². The first-order chi connectivity index (χ1) is 13.8. The Morgan fingerprint density at radius 1 is 1.07 bits per heavy atom. The highest BCUT2D eigenvalue weighted by molar-refractivity contribution is 6.10. The lowest BCUT2D eigenvalue weighted by Gasteiger charge is -2.22. The van der Waals surface area contributed by atoms with E-state index in [2.05, 4.69) is 10.6 Å². The Morgan fingerprint density at radius 3 is 2.34 bits per heavy atom. The Labute approximate surface area is 168 Å². The average Bonchev–Trinajstić information content (AvgIpc) is 2.92. The van der Waals surface area contributed by atoms with E-state index in [0.717, 1.165) is 10.5 Å². The normalized spacial score (nSPS) is 18.4. The molecule has 0 bridgehead atoms. The van der Waals surface area contributed by atoms with Gasteiger partial charge in [0.05, 0.1) is 14.2 Å². The second kappa shape index (κ2) is 7.83. The highest BCUT2D eigenvalue weighted by atomic mass is 16.5. The van der Waals surface area contributed by atoms with Crippen LogP contribution in [-0.4, -0.2) is 43.5 Å². The fourth-order valence-corrected chi connectivity index (χ4v) is 3.18. The van der Waals surface area contributed by atoms with Crippen LogP contribution < -0.4 is 20.1 Å². The van der Waals surface area contributed by atoms with Gasteiger partial charge in [0.1, 0.15) is 12.1 Å². The molecule has 0 saturated carbocycles. The van der Waals surface area contributed by atoms with Gasteiger partial charge in [0, 0.05) is 11.8 Å². The van der Waals surface area contributed by atoms with E-state index < -0.39 is 29.9 Å². The number of benzene rings is 2. The smallest absolute Gasteiger partial charge is 0.325 e. The molecule has 152 valence electrons. The molecule has 1 unspecified atom stereocenters. The third-order valence-electron chi connectivity index (χ3n) is 4.87. The summed E-state index contributed by atoms with van der Waals surface area (Å²) < 4.78 is 10.4. The van der Waals surface area contributed by atoms with E-state index in [-0.39, 0.29) is 0 Å². The second-order valence-corrected chi connectivity index (χ2v) is 6.93. The van der Waals surface area contributed by atoms with E-state index in [0.29, 0.717) is 22.7 Å². The standard InChI is InChI=1S/C21H23N3O5/c1-13-5-7-14(8-6-13)21(2)19(26)24(20(27)23-21)12-18(25)22-15-9-10-16(28-3)17(11-15)29-4/h5-11H,12H2,1-4H3,(H,22,25)(H,23,27). The van der Waals surface area contributed by atoms with Gasteiger partial charge in [0.25, 0.3) is 5.91 Å². The van der Waals surface area contributed by atoms with Crippen molar-refractivity contribution in [1.82, 2.24) is 10.2 Å². The fourth-order valence-electron chi connectivity index (χ4n) is 3.18. The van der Waals surface area contributed by atoms with E-state index >= 15 is 0 Å². The van der Waals surface area contributed by atoms with Crippen molar-refractivity contribution in [2.75, 3.05) is 26.1 Å². The highest BCUT2D eigenvalue weighted by Gasteiger charge is 2.49. The van der Waals surface area contributed by atoms with E-state index in [9.17, 15) is 14.4 Å². The van der Waals surface area contributed by atoms with Crippen LogP contribution in [0.15, 0.2) is 42.5 Å². The maximum atomic E-state index is 12.9. The van der Waals surface area contributed by atoms with Crippen molar-refractivity contribution in [3.05, 3.63) is 53.6 Å². The molecule has 1 saturated heterocycles. The van der Waals surface area contributed by atoms with Gasteiger partial charge in [0.2, 0.25) is 5.91 Å². The minimum Gasteiger partial charge on any atom is -0.493 e. The molecule has 29 heavy (non-hydrogen) atoms. The van der Waals surface area contributed by atoms with Gasteiger partial charge < -0.3 is 20.1 Å². The zero-order chi connectivity index (χ0) is 21.2. The largest absolute Gasteiger partial charge is 0.493 e. The molecule has 1 fully saturated rings. The van der Waals surface area contributed by atoms with E-state index in [1.165, 1.54) is 14.2 Å². The van der Waals surface area contributed by atoms with Crippen molar-refractivity contribution >= 4 is 23.5 Å². The number of hydrogen-bond acceptors (Lipinski definition) is 5. The lowest BCUT2D eigenvalue weighted by Crippen LogP contribution is -2.42. The summed E-state index contributed by atoms with van der Waals surface area (Å²) in [7, 11) is 3.00. The molecule has 8 heteroatoms. The third kappa shape index (κ3) is 3.87. The number of carbonyl (C=O) groups excluding carboxylic acids is 3. The van der Waals surface area contributed by atoms with Crippen LogP contribution in [-0.2, 0) is 15.1 Å². The Hall–Kier alpha value is -3.55. The van der Waals surface area contributed by atoms with Crippen LogP contribution in [0.4, 0.5) is 10.5 Å². The first-order valence-corrected chi connectivity index (χ1v) is 9.01. The van der Waals surface area contributed by atoms with Gasteiger partial charge in [-0.15, -0.1) is 0 Å². The first-order valence-electron chi connectivity index (χ1n) is 9.01. The molecular weight excluding hydrogens is 374 g/mol.